The van der Waals surface area contributed by atoms with Gasteiger partial charge in [-0.25, -0.2) is 9.97 Å². The van der Waals surface area contributed by atoms with Crippen LogP contribution in [0.25, 0.3) is 11.4 Å². The third-order valence-electron chi connectivity index (χ3n) is 8.86. The summed E-state index contributed by atoms with van der Waals surface area (Å²) in [6.07, 6.45) is 16.5. The molecule has 2 aliphatic rings. The monoisotopic (exact) mass is 546 g/mol. The van der Waals surface area contributed by atoms with Gasteiger partial charge in [0.05, 0.1) is 29.3 Å². The highest BCUT2D eigenvalue weighted by Crippen LogP contribution is 2.42. The summed E-state index contributed by atoms with van der Waals surface area (Å²) in [5, 5.41) is 17.7. The van der Waals surface area contributed by atoms with Crippen molar-refractivity contribution in [3.8, 4) is 11.4 Å². The van der Waals surface area contributed by atoms with Crippen LogP contribution in [-0.4, -0.2) is 47.8 Å². The Morgan fingerprint density at radius 1 is 1.00 bits per heavy atom. The maximum Gasteiger partial charge on any atom is 0.270 e. The largest absolute Gasteiger partial charge is 0.339 e. The highest BCUT2D eigenvalue weighted by atomic mass is 16.2. The van der Waals surface area contributed by atoms with Gasteiger partial charge in [0.2, 0.25) is 5.91 Å². The van der Waals surface area contributed by atoms with E-state index in [1.807, 2.05) is 20.8 Å². The van der Waals surface area contributed by atoms with Gasteiger partial charge in [0.25, 0.3) is 5.91 Å². The van der Waals surface area contributed by atoms with Gasteiger partial charge in [-0.1, -0.05) is 64.2 Å². The van der Waals surface area contributed by atoms with E-state index in [1.54, 1.807) is 29.3 Å². The first kappa shape index (κ1) is 28.0. The summed E-state index contributed by atoms with van der Waals surface area (Å²) in [7, 11) is 0. The van der Waals surface area contributed by atoms with E-state index in [9.17, 15) is 9.59 Å². The number of hydrogen-bond acceptors (Lipinski definition) is 6. The Labute approximate surface area is 236 Å². The van der Waals surface area contributed by atoms with Crippen LogP contribution in [0.5, 0.6) is 0 Å². The molecule has 0 aromatic carbocycles. The Hall–Kier alpha value is -3.56. The third kappa shape index (κ3) is 6.10. The average molecular weight is 547 g/mol. The Kier molecular flexibility index (Phi) is 8.91. The van der Waals surface area contributed by atoms with Crippen molar-refractivity contribution in [1.82, 2.24) is 35.3 Å². The van der Waals surface area contributed by atoms with Crippen LogP contribution < -0.4 is 10.6 Å². The van der Waals surface area contributed by atoms with Crippen molar-refractivity contribution < 1.29 is 9.59 Å². The maximum absolute atomic E-state index is 14.1. The summed E-state index contributed by atoms with van der Waals surface area (Å²) in [5.41, 5.74) is 3.57. The van der Waals surface area contributed by atoms with E-state index in [-0.39, 0.29) is 17.7 Å². The van der Waals surface area contributed by atoms with Crippen molar-refractivity contribution >= 4 is 17.5 Å². The summed E-state index contributed by atoms with van der Waals surface area (Å²) in [6.45, 7) is 6.38. The lowest BCUT2D eigenvalue weighted by molar-refractivity contribution is -0.121. The first-order chi connectivity index (χ1) is 19.5. The van der Waals surface area contributed by atoms with Crippen molar-refractivity contribution in [2.75, 3.05) is 5.32 Å². The zero-order valence-electron chi connectivity index (χ0n) is 23.9. The molecular formula is C30H42N8O2. The summed E-state index contributed by atoms with van der Waals surface area (Å²) >= 11 is 0. The molecule has 2 amide bonds. The normalized spacial score (nSPS) is 17.6. The highest BCUT2D eigenvalue weighted by molar-refractivity contribution is 6.00. The van der Waals surface area contributed by atoms with Crippen LogP contribution in [0.2, 0.25) is 0 Å². The topological polar surface area (TPSA) is 130 Å². The molecule has 0 radical (unpaired) electrons. The molecule has 2 fully saturated rings. The van der Waals surface area contributed by atoms with Crippen molar-refractivity contribution in [1.29, 1.82) is 0 Å². The number of amides is 2. The molecule has 10 heteroatoms. The van der Waals surface area contributed by atoms with Gasteiger partial charge in [-0.05, 0) is 44.6 Å². The number of carbonyl (C=O) groups is 2. The van der Waals surface area contributed by atoms with Gasteiger partial charge < -0.3 is 10.6 Å². The molecule has 1 atom stereocenters. The summed E-state index contributed by atoms with van der Waals surface area (Å²) < 4.78 is 1.67. The second-order valence-corrected chi connectivity index (χ2v) is 11.5. The van der Waals surface area contributed by atoms with E-state index in [0.717, 1.165) is 42.6 Å². The molecule has 3 aromatic heterocycles. The molecule has 0 aliphatic heterocycles. The van der Waals surface area contributed by atoms with Gasteiger partial charge in [0.1, 0.15) is 11.7 Å². The fraction of sp³-hybridized carbons (Fsp3) is 0.600. The van der Waals surface area contributed by atoms with Gasteiger partial charge in [-0.2, -0.15) is 10.2 Å². The van der Waals surface area contributed by atoms with Crippen molar-refractivity contribution in [3.05, 3.63) is 41.7 Å². The number of H-pyrrole nitrogens is 1. The molecule has 0 unspecified atom stereocenters. The molecule has 40 heavy (non-hydrogen) atoms. The van der Waals surface area contributed by atoms with E-state index in [4.69, 9.17) is 0 Å². The summed E-state index contributed by atoms with van der Waals surface area (Å²) in [6, 6.07) is 1.06. The lowest BCUT2D eigenvalue weighted by Gasteiger charge is -2.42. The lowest BCUT2D eigenvalue weighted by atomic mass is 9.66. The molecule has 0 spiro atoms. The Bertz CT molecular complexity index is 1250. The van der Waals surface area contributed by atoms with Crippen LogP contribution >= 0.6 is 0 Å². The number of aryl methyl sites for hydroxylation is 3. The van der Waals surface area contributed by atoms with Gasteiger partial charge in [0, 0.05) is 18.4 Å². The lowest BCUT2D eigenvalue weighted by Crippen LogP contribution is -2.53. The average Bonchev–Trinajstić information content (AvgIpc) is 3.60. The van der Waals surface area contributed by atoms with E-state index >= 15 is 0 Å². The molecule has 3 heterocycles. The Balaban J connectivity index is 1.43. The fourth-order valence-electron chi connectivity index (χ4n) is 6.92. The fourth-order valence-corrected chi connectivity index (χ4v) is 6.92. The molecule has 3 aromatic rings. The number of aromatic nitrogens is 6. The van der Waals surface area contributed by atoms with Gasteiger partial charge in [-0.15, -0.1) is 0 Å². The Morgan fingerprint density at radius 3 is 2.17 bits per heavy atom. The number of nitrogens with zero attached hydrogens (tertiary/aromatic N) is 5. The van der Waals surface area contributed by atoms with Crippen molar-refractivity contribution in [2.45, 2.75) is 97.6 Å². The van der Waals surface area contributed by atoms with E-state index in [0.29, 0.717) is 35.6 Å². The quantitative estimate of drug-likeness (QED) is 0.338. The highest BCUT2D eigenvalue weighted by Gasteiger charge is 2.41. The van der Waals surface area contributed by atoms with E-state index < -0.39 is 6.04 Å². The number of nitrogens with one attached hydrogen (secondary N) is 3. The molecule has 2 aliphatic carbocycles. The van der Waals surface area contributed by atoms with Crippen LogP contribution in [0.1, 0.15) is 93.0 Å². The molecule has 2 saturated carbocycles. The zero-order valence-corrected chi connectivity index (χ0v) is 23.9. The van der Waals surface area contributed by atoms with Crippen LogP contribution in [0, 0.1) is 31.6 Å². The molecule has 0 saturated heterocycles. The minimum atomic E-state index is -0.656. The molecule has 3 N–H and O–H groups in total. The summed E-state index contributed by atoms with van der Waals surface area (Å²) in [4.78, 5) is 36.7. The van der Waals surface area contributed by atoms with E-state index in [2.05, 4.69) is 35.9 Å². The first-order valence-electron chi connectivity index (χ1n) is 14.9. The van der Waals surface area contributed by atoms with Crippen LogP contribution in [0.4, 0.5) is 5.69 Å². The predicted octanol–water partition coefficient (Wildman–Crippen LogP) is 5.21. The predicted molar refractivity (Wildman–Crippen MR) is 154 cm³/mol. The second-order valence-electron chi connectivity index (χ2n) is 11.5. The maximum atomic E-state index is 14.1. The third-order valence-corrected chi connectivity index (χ3v) is 8.86. The van der Waals surface area contributed by atoms with Gasteiger partial charge in [0.15, 0.2) is 5.82 Å². The number of aromatic amines is 1. The molecular weight excluding hydrogens is 504 g/mol. The van der Waals surface area contributed by atoms with Gasteiger partial charge in [-0.3, -0.25) is 19.4 Å². The second kappa shape index (κ2) is 12.7. The molecule has 0 bridgehead atoms. The molecule has 10 nitrogen and oxygen atoms in total. The standard InChI is InChI=1S/C30H42N8O2/c1-4-38-24(15-16-33-38)29(39)35-27(26(21-11-7-5-8-12-21)22-13-9-6-10-14-22)30(40)34-23-17-31-28(32-18-23)25-19(2)36-37-20(25)3/h15-18,21-22,26-27H,4-14H2,1-3H3,(H,34,40)(H,35,39)(H,36,37)/t27-/m0/s1. The van der Waals surface area contributed by atoms with Crippen molar-refractivity contribution in [2.24, 2.45) is 17.8 Å². The minimum Gasteiger partial charge on any atom is -0.339 e. The smallest absolute Gasteiger partial charge is 0.270 e. The number of rotatable bonds is 9. The molecule has 214 valence electrons. The number of hydrogen-bond donors (Lipinski definition) is 3. The van der Waals surface area contributed by atoms with Crippen LogP contribution in [0.3, 0.4) is 0 Å². The molecule has 5 rings (SSSR count). The van der Waals surface area contributed by atoms with Crippen LogP contribution in [-0.2, 0) is 11.3 Å². The summed E-state index contributed by atoms with van der Waals surface area (Å²) in [5.74, 6) is 1.00. The SMILES string of the molecule is CCn1nccc1C(=O)N[C@H](C(=O)Nc1cnc(-c2c(C)n[nH]c2C)nc1)C(C1CCCCC1)C1CCCCC1. The first-order valence-corrected chi connectivity index (χ1v) is 14.9. The van der Waals surface area contributed by atoms with Crippen LogP contribution in [0.15, 0.2) is 24.7 Å². The minimum absolute atomic E-state index is 0.0824. The zero-order chi connectivity index (χ0) is 28.1. The number of carbonyl (C=O) groups excluding carboxylic acids is 2. The van der Waals surface area contributed by atoms with Gasteiger partial charge >= 0.3 is 0 Å². The number of anilines is 1. The van der Waals surface area contributed by atoms with E-state index in [1.165, 1.54) is 38.5 Å². The van der Waals surface area contributed by atoms with Crippen molar-refractivity contribution in [3.63, 3.8) is 0 Å². The Morgan fingerprint density at radius 2 is 1.62 bits per heavy atom.